The van der Waals surface area contributed by atoms with Gasteiger partial charge >= 0.3 is 0 Å². The summed E-state index contributed by atoms with van der Waals surface area (Å²) in [5.74, 6) is 0.566. The molecular formula is C51H50N6O. The highest BCUT2D eigenvalue weighted by atomic mass is 16.5. The number of aryl methyl sites for hydroxylation is 1. The van der Waals surface area contributed by atoms with Crippen LogP contribution in [-0.4, -0.2) is 30.0 Å². The van der Waals surface area contributed by atoms with Gasteiger partial charge in [0.2, 0.25) is 5.82 Å². The van der Waals surface area contributed by atoms with Gasteiger partial charge in [-0.2, -0.15) is 5.10 Å². The second-order valence-electron chi connectivity index (χ2n) is 14.8. The van der Waals surface area contributed by atoms with E-state index in [1.54, 1.807) is 4.80 Å². The summed E-state index contributed by atoms with van der Waals surface area (Å²) in [5.41, 5.74) is 11.4. The van der Waals surface area contributed by atoms with Crippen molar-refractivity contribution in [1.29, 1.82) is 0 Å². The highest BCUT2D eigenvalue weighted by Gasteiger charge is 2.41. The monoisotopic (exact) mass is 762 g/mol. The summed E-state index contributed by atoms with van der Waals surface area (Å²) in [6.07, 6.45) is 5.11. The summed E-state index contributed by atoms with van der Waals surface area (Å²) in [7, 11) is 0. The van der Waals surface area contributed by atoms with Crippen molar-refractivity contribution in [2.45, 2.75) is 71.2 Å². The van der Waals surface area contributed by atoms with E-state index in [0.717, 1.165) is 77.7 Å². The minimum absolute atomic E-state index is 0.485. The predicted octanol–water partition coefficient (Wildman–Crippen LogP) is 11.1. The lowest BCUT2D eigenvalue weighted by molar-refractivity contribution is 0.103. The molecule has 8 aromatic rings. The van der Waals surface area contributed by atoms with Crippen LogP contribution >= 0.6 is 0 Å². The molecule has 0 aliphatic heterocycles. The number of rotatable bonds is 17. The van der Waals surface area contributed by atoms with Gasteiger partial charge in [-0.05, 0) is 63.4 Å². The average Bonchev–Trinajstić information content (AvgIpc) is 3.90. The van der Waals surface area contributed by atoms with Gasteiger partial charge in [0, 0.05) is 29.8 Å². The summed E-state index contributed by atoms with van der Waals surface area (Å²) in [6, 6.07) is 59.0. The van der Waals surface area contributed by atoms with Gasteiger partial charge in [-0.3, -0.25) is 4.68 Å². The van der Waals surface area contributed by atoms with Crippen molar-refractivity contribution in [3.8, 4) is 22.5 Å². The van der Waals surface area contributed by atoms with E-state index in [0.29, 0.717) is 19.0 Å². The molecule has 0 radical (unpaired) electrons. The largest absolute Gasteiger partial charge is 0.370 e. The van der Waals surface area contributed by atoms with Crippen LogP contribution in [0.15, 0.2) is 170 Å². The number of hydrogen-bond acceptors (Lipinski definition) is 5. The molecular weight excluding hydrogens is 713 g/mol. The fourth-order valence-electron chi connectivity index (χ4n) is 8.05. The van der Waals surface area contributed by atoms with Crippen LogP contribution in [0.4, 0.5) is 0 Å². The van der Waals surface area contributed by atoms with Crippen LogP contribution in [0, 0.1) is 0 Å². The second kappa shape index (κ2) is 18.2. The summed E-state index contributed by atoms with van der Waals surface area (Å²) in [5, 5.41) is 20.0. The Labute approximate surface area is 342 Å². The zero-order valence-electron chi connectivity index (χ0n) is 33.4. The highest BCUT2D eigenvalue weighted by Crippen LogP contribution is 2.40. The predicted molar refractivity (Wildman–Crippen MR) is 232 cm³/mol. The van der Waals surface area contributed by atoms with E-state index >= 15 is 0 Å². The maximum atomic E-state index is 6.27. The van der Waals surface area contributed by atoms with Gasteiger partial charge in [0.15, 0.2) is 5.54 Å². The Morgan fingerprint density at radius 1 is 0.552 bits per heavy atom. The molecule has 290 valence electrons. The molecule has 0 atom stereocenters. The Balaban J connectivity index is 1.12. The fourth-order valence-corrected chi connectivity index (χ4v) is 8.05. The summed E-state index contributed by atoms with van der Waals surface area (Å²) in [6.45, 7) is 6.42. The van der Waals surface area contributed by atoms with E-state index < -0.39 is 5.54 Å². The van der Waals surface area contributed by atoms with Crippen LogP contribution < -0.4 is 0 Å². The molecule has 7 heteroatoms. The molecule has 6 aromatic carbocycles. The number of nitrogens with zero attached hydrogens (tertiary/aromatic N) is 6. The first-order valence-corrected chi connectivity index (χ1v) is 20.5. The van der Waals surface area contributed by atoms with Crippen LogP contribution in [-0.2, 0) is 42.9 Å². The Morgan fingerprint density at radius 2 is 1.12 bits per heavy atom. The minimum atomic E-state index is -0.849. The van der Waals surface area contributed by atoms with Gasteiger partial charge in [0.25, 0.3) is 0 Å². The molecule has 2 heterocycles. The maximum Gasteiger partial charge on any atom is 0.205 e. The molecule has 0 bridgehead atoms. The van der Waals surface area contributed by atoms with Gasteiger partial charge < -0.3 is 4.74 Å². The summed E-state index contributed by atoms with van der Waals surface area (Å²) in [4.78, 5) is 1.79. The zero-order valence-corrected chi connectivity index (χ0v) is 33.4. The number of ether oxygens (including phenoxy) is 1. The van der Waals surface area contributed by atoms with Crippen LogP contribution in [0.1, 0.15) is 77.9 Å². The Bertz CT molecular complexity index is 2400. The third-order valence-corrected chi connectivity index (χ3v) is 10.9. The molecule has 0 aliphatic carbocycles. The molecule has 0 unspecified atom stereocenters. The summed E-state index contributed by atoms with van der Waals surface area (Å²) < 4.78 is 8.51. The SMILES string of the molecule is CCCCc1c(Cc2ccc(-c3ccccc3-c3nnn(C(c4ccccc4)(c4ccccc4)c4ccccc4)n3)cc2)c(COCc2ccccc2)nn1CCC. The molecule has 0 spiro atoms. The third kappa shape index (κ3) is 8.04. The number of hydrogen-bond donors (Lipinski definition) is 0. The molecule has 2 aromatic heterocycles. The molecule has 0 amide bonds. The molecule has 0 fully saturated rings. The van der Waals surface area contributed by atoms with Crippen LogP contribution in [0.3, 0.4) is 0 Å². The first-order chi connectivity index (χ1) is 28.7. The van der Waals surface area contributed by atoms with Crippen molar-refractivity contribution in [1.82, 2.24) is 30.0 Å². The lowest BCUT2D eigenvalue weighted by Gasteiger charge is -2.34. The van der Waals surface area contributed by atoms with E-state index in [2.05, 4.69) is 158 Å². The van der Waals surface area contributed by atoms with E-state index in [-0.39, 0.29) is 0 Å². The van der Waals surface area contributed by atoms with E-state index in [1.165, 1.54) is 22.4 Å². The minimum Gasteiger partial charge on any atom is -0.370 e. The van der Waals surface area contributed by atoms with E-state index in [4.69, 9.17) is 25.2 Å². The van der Waals surface area contributed by atoms with Gasteiger partial charge in [-0.25, -0.2) is 0 Å². The Hall–Kier alpha value is -6.44. The van der Waals surface area contributed by atoms with Crippen LogP contribution in [0.5, 0.6) is 0 Å². The van der Waals surface area contributed by atoms with Crippen molar-refractivity contribution in [3.63, 3.8) is 0 Å². The van der Waals surface area contributed by atoms with E-state index in [1.807, 2.05) is 30.3 Å². The smallest absolute Gasteiger partial charge is 0.205 e. The standard InChI is InChI=1S/C51H50N6O/c1-3-5-30-49-47(48(53-56(49)35-4-2)38-58-37-40-20-10-6-11-21-40)36-39-31-33-41(34-32-39)45-28-18-19-29-46(45)50-52-55-57(54-50)51(42-22-12-7-13-23-42,43-24-14-8-15-25-43)44-26-16-9-17-27-44/h6-29,31-34H,3-5,30,35-38H2,1-2H3. The second-order valence-corrected chi connectivity index (χ2v) is 14.8. The zero-order chi connectivity index (χ0) is 39.6. The van der Waals surface area contributed by atoms with Crippen LogP contribution in [0.2, 0.25) is 0 Å². The first kappa shape index (κ1) is 38.4. The molecule has 0 saturated heterocycles. The van der Waals surface area contributed by atoms with Gasteiger partial charge in [-0.15, -0.1) is 15.0 Å². The van der Waals surface area contributed by atoms with Crippen molar-refractivity contribution >= 4 is 0 Å². The number of aromatic nitrogens is 6. The lowest BCUT2D eigenvalue weighted by Crippen LogP contribution is -2.39. The number of unbranched alkanes of at least 4 members (excludes halogenated alkanes) is 1. The van der Waals surface area contributed by atoms with E-state index in [9.17, 15) is 0 Å². The molecule has 7 nitrogen and oxygen atoms in total. The Kier molecular flexibility index (Phi) is 12.1. The average molecular weight is 763 g/mol. The molecule has 0 N–H and O–H groups in total. The lowest BCUT2D eigenvalue weighted by atomic mass is 9.77. The number of tetrazole rings is 1. The van der Waals surface area contributed by atoms with Crippen molar-refractivity contribution < 1.29 is 4.74 Å². The van der Waals surface area contributed by atoms with Crippen LogP contribution in [0.25, 0.3) is 22.5 Å². The highest BCUT2D eigenvalue weighted by molar-refractivity contribution is 5.80. The third-order valence-electron chi connectivity index (χ3n) is 10.9. The van der Waals surface area contributed by atoms with Gasteiger partial charge in [0.1, 0.15) is 0 Å². The molecule has 58 heavy (non-hydrogen) atoms. The maximum absolute atomic E-state index is 6.27. The van der Waals surface area contributed by atoms with Gasteiger partial charge in [-0.1, -0.05) is 190 Å². The first-order valence-electron chi connectivity index (χ1n) is 20.5. The molecule has 0 aliphatic rings. The van der Waals surface area contributed by atoms with Crippen molar-refractivity contribution in [2.24, 2.45) is 0 Å². The summed E-state index contributed by atoms with van der Waals surface area (Å²) >= 11 is 0. The fraction of sp³-hybridized carbons (Fsp3) is 0.216. The normalized spacial score (nSPS) is 11.6. The van der Waals surface area contributed by atoms with Gasteiger partial charge in [0.05, 0.1) is 18.9 Å². The topological polar surface area (TPSA) is 70.7 Å². The van der Waals surface area contributed by atoms with Crippen molar-refractivity contribution in [3.05, 3.63) is 215 Å². The number of benzene rings is 6. The van der Waals surface area contributed by atoms with Crippen molar-refractivity contribution in [2.75, 3.05) is 0 Å². The molecule has 8 rings (SSSR count). The Morgan fingerprint density at radius 3 is 1.71 bits per heavy atom. The quantitative estimate of drug-likeness (QED) is 0.0864. The molecule has 0 saturated carbocycles.